The van der Waals surface area contributed by atoms with Gasteiger partial charge >= 0.3 is 0 Å². The molecule has 6 heteroatoms. The van der Waals surface area contributed by atoms with Gasteiger partial charge in [-0.1, -0.05) is 29.8 Å². The van der Waals surface area contributed by atoms with Crippen molar-refractivity contribution in [1.29, 1.82) is 0 Å². The van der Waals surface area contributed by atoms with Crippen LogP contribution in [-0.4, -0.2) is 8.42 Å². The van der Waals surface area contributed by atoms with Crippen LogP contribution >= 0.6 is 0 Å². The molecule has 0 amide bonds. The Labute approximate surface area is 152 Å². The summed E-state index contributed by atoms with van der Waals surface area (Å²) in [4.78, 5) is 0.203. The standard InChI is InChI=1S/C20H18FNO3S/c1-15-5-11-20(12-6-15)26(23,24)22-18-7-9-19(10-8-18)25-14-16-3-2-4-17(21)13-16/h2-13,22H,14H2,1H3. The number of halogens is 1. The molecule has 0 unspecified atom stereocenters. The van der Waals surface area contributed by atoms with Gasteiger partial charge in [0.15, 0.2) is 0 Å². The van der Waals surface area contributed by atoms with Crippen molar-refractivity contribution >= 4 is 15.7 Å². The third-order valence-corrected chi connectivity index (χ3v) is 5.13. The zero-order chi connectivity index (χ0) is 18.6. The Kier molecular flexibility index (Phi) is 5.23. The van der Waals surface area contributed by atoms with Crippen molar-refractivity contribution in [2.24, 2.45) is 0 Å². The van der Waals surface area contributed by atoms with Gasteiger partial charge in [0.25, 0.3) is 10.0 Å². The van der Waals surface area contributed by atoms with Crippen LogP contribution in [0.1, 0.15) is 11.1 Å². The summed E-state index contributed by atoms with van der Waals surface area (Å²) in [6.07, 6.45) is 0. The van der Waals surface area contributed by atoms with Crippen LogP contribution in [0.25, 0.3) is 0 Å². The van der Waals surface area contributed by atoms with Gasteiger partial charge in [0.2, 0.25) is 0 Å². The summed E-state index contributed by atoms with van der Waals surface area (Å²) in [5.41, 5.74) is 2.14. The van der Waals surface area contributed by atoms with E-state index in [1.54, 1.807) is 60.7 Å². The minimum absolute atomic E-state index is 0.203. The number of benzene rings is 3. The molecule has 3 aromatic carbocycles. The van der Waals surface area contributed by atoms with Crippen LogP contribution in [-0.2, 0) is 16.6 Å². The maximum atomic E-state index is 13.1. The van der Waals surface area contributed by atoms with Gasteiger partial charge in [-0.05, 0) is 61.0 Å². The van der Waals surface area contributed by atoms with Gasteiger partial charge in [-0.3, -0.25) is 4.72 Å². The SMILES string of the molecule is Cc1ccc(S(=O)(=O)Nc2ccc(OCc3cccc(F)c3)cc2)cc1. The van der Waals surface area contributed by atoms with Crippen molar-refractivity contribution in [3.05, 3.63) is 89.7 Å². The van der Waals surface area contributed by atoms with Crippen LogP contribution in [0.15, 0.2) is 77.7 Å². The lowest BCUT2D eigenvalue weighted by molar-refractivity contribution is 0.305. The molecule has 0 radical (unpaired) electrons. The molecule has 0 heterocycles. The quantitative estimate of drug-likeness (QED) is 0.693. The molecule has 3 aromatic rings. The summed E-state index contributed by atoms with van der Waals surface area (Å²) in [6.45, 7) is 2.12. The Morgan fingerprint density at radius 1 is 0.962 bits per heavy atom. The summed E-state index contributed by atoms with van der Waals surface area (Å²) in [5.74, 6) is 0.250. The number of sulfonamides is 1. The van der Waals surface area contributed by atoms with Crippen molar-refractivity contribution in [3.63, 3.8) is 0 Å². The topological polar surface area (TPSA) is 55.4 Å². The predicted molar refractivity (Wildman–Crippen MR) is 99.2 cm³/mol. The Morgan fingerprint density at radius 2 is 1.65 bits per heavy atom. The van der Waals surface area contributed by atoms with E-state index in [1.807, 2.05) is 6.92 Å². The summed E-state index contributed by atoms with van der Waals surface area (Å²) >= 11 is 0. The molecule has 0 aliphatic heterocycles. The molecular weight excluding hydrogens is 353 g/mol. The average Bonchev–Trinajstić information content (AvgIpc) is 2.61. The second kappa shape index (κ2) is 7.58. The molecule has 0 aliphatic rings. The van der Waals surface area contributed by atoms with Crippen LogP contribution in [0.4, 0.5) is 10.1 Å². The van der Waals surface area contributed by atoms with E-state index in [4.69, 9.17) is 4.74 Å². The van der Waals surface area contributed by atoms with Crippen LogP contribution < -0.4 is 9.46 Å². The van der Waals surface area contributed by atoms with Gasteiger partial charge in [0, 0.05) is 5.69 Å². The largest absolute Gasteiger partial charge is 0.489 e. The van der Waals surface area contributed by atoms with Gasteiger partial charge in [0.1, 0.15) is 18.2 Å². The number of aryl methyl sites for hydroxylation is 1. The van der Waals surface area contributed by atoms with E-state index in [0.29, 0.717) is 17.0 Å². The highest BCUT2D eigenvalue weighted by atomic mass is 32.2. The molecule has 0 atom stereocenters. The first kappa shape index (κ1) is 17.9. The Hall–Kier alpha value is -2.86. The van der Waals surface area contributed by atoms with Gasteiger partial charge in [-0.15, -0.1) is 0 Å². The molecule has 0 aliphatic carbocycles. The van der Waals surface area contributed by atoms with E-state index in [2.05, 4.69) is 4.72 Å². The van der Waals surface area contributed by atoms with Gasteiger partial charge < -0.3 is 4.74 Å². The summed E-state index contributed by atoms with van der Waals surface area (Å²) < 4.78 is 46.0. The number of hydrogen-bond donors (Lipinski definition) is 1. The van der Waals surface area contributed by atoms with E-state index in [1.165, 1.54) is 12.1 Å². The summed E-state index contributed by atoms with van der Waals surface area (Å²) in [7, 11) is -3.64. The molecule has 4 nitrogen and oxygen atoms in total. The second-order valence-corrected chi connectivity index (χ2v) is 7.54. The highest BCUT2D eigenvalue weighted by molar-refractivity contribution is 7.92. The number of nitrogens with one attached hydrogen (secondary N) is 1. The minimum atomic E-state index is -3.64. The molecular formula is C20H18FNO3S. The maximum absolute atomic E-state index is 13.1. The summed E-state index contributed by atoms with van der Waals surface area (Å²) in [5, 5.41) is 0. The zero-order valence-corrected chi connectivity index (χ0v) is 15.0. The first-order chi connectivity index (χ1) is 12.4. The third kappa shape index (κ3) is 4.61. The normalized spacial score (nSPS) is 11.2. The Morgan fingerprint density at radius 3 is 2.31 bits per heavy atom. The van der Waals surface area contributed by atoms with Crippen LogP contribution in [0.5, 0.6) is 5.75 Å². The molecule has 134 valence electrons. The number of anilines is 1. The molecule has 0 bridgehead atoms. The lowest BCUT2D eigenvalue weighted by atomic mass is 10.2. The van der Waals surface area contributed by atoms with E-state index in [9.17, 15) is 12.8 Å². The zero-order valence-electron chi connectivity index (χ0n) is 14.1. The Bertz CT molecular complexity index is 984. The molecule has 0 spiro atoms. The lowest BCUT2D eigenvalue weighted by Gasteiger charge is -2.10. The van der Waals surface area contributed by atoms with Crippen molar-refractivity contribution in [1.82, 2.24) is 0 Å². The molecule has 0 saturated heterocycles. The fraction of sp³-hybridized carbons (Fsp3) is 0.100. The van der Waals surface area contributed by atoms with Crippen LogP contribution in [0.3, 0.4) is 0 Å². The van der Waals surface area contributed by atoms with Crippen LogP contribution in [0.2, 0.25) is 0 Å². The predicted octanol–water partition coefficient (Wildman–Crippen LogP) is 4.51. The minimum Gasteiger partial charge on any atom is -0.489 e. The van der Waals surface area contributed by atoms with Crippen molar-refractivity contribution in [2.75, 3.05) is 4.72 Å². The average molecular weight is 371 g/mol. The molecule has 0 aromatic heterocycles. The Balaban J connectivity index is 1.64. The van der Waals surface area contributed by atoms with Gasteiger partial charge in [0.05, 0.1) is 4.90 Å². The monoisotopic (exact) mass is 371 g/mol. The van der Waals surface area contributed by atoms with Crippen molar-refractivity contribution in [2.45, 2.75) is 18.4 Å². The lowest BCUT2D eigenvalue weighted by Crippen LogP contribution is -2.12. The van der Waals surface area contributed by atoms with E-state index in [0.717, 1.165) is 5.56 Å². The number of ether oxygens (including phenoxy) is 1. The molecule has 26 heavy (non-hydrogen) atoms. The fourth-order valence-corrected chi connectivity index (χ4v) is 3.40. The number of rotatable bonds is 6. The third-order valence-electron chi connectivity index (χ3n) is 3.73. The smallest absolute Gasteiger partial charge is 0.261 e. The first-order valence-corrected chi connectivity index (χ1v) is 9.47. The van der Waals surface area contributed by atoms with E-state index >= 15 is 0 Å². The van der Waals surface area contributed by atoms with Gasteiger partial charge in [-0.2, -0.15) is 0 Å². The van der Waals surface area contributed by atoms with Crippen LogP contribution in [0, 0.1) is 12.7 Å². The molecule has 0 saturated carbocycles. The summed E-state index contributed by atoms with van der Waals surface area (Å²) in [6, 6.07) is 19.3. The molecule has 0 fully saturated rings. The number of hydrogen-bond acceptors (Lipinski definition) is 3. The van der Waals surface area contributed by atoms with Crippen molar-refractivity contribution < 1.29 is 17.5 Å². The highest BCUT2D eigenvalue weighted by Gasteiger charge is 2.13. The highest BCUT2D eigenvalue weighted by Crippen LogP contribution is 2.20. The van der Waals surface area contributed by atoms with E-state index in [-0.39, 0.29) is 17.3 Å². The molecule has 3 rings (SSSR count). The maximum Gasteiger partial charge on any atom is 0.261 e. The second-order valence-electron chi connectivity index (χ2n) is 5.86. The molecule has 1 N–H and O–H groups in total. The van der Waals surface area contributed by atoms with E-state index < -0.39 is 10.0 Å². The fourth-order valence-electron chi connectivity index (χ4n) is 2.34. The first-order valence-electron chi connectivity index (χ1n) is 7.99. The van der Waals surface area contributed by atoms with Gasteiger partial charge in [-0.25, -0.2) is 12.8 Å². The van der Waals surface area contributed by atoms with Crippen molar-refractivity contribution in [3.8, 4) is 5.75 Å².